The highest BCUT2D eigenvalue weighted by atomic mass is 16.5. The van der Waals surface area contributed by atoms with Crippen LogP contribution in [0.1, 0.15) is 52.4 Å². The Bertz CT molecular complexity index is 166. The van der Waals surface area contributed by atoms with Crippen LogP contribution in [0.4, 0.5) is 0 Å². The van der Waals surface area contributed by atoms with Crippen LogP contribution in [-0.4, -0.2) is 25.8 Å². The fourth-order valence-electron chi connectivity index (χ4n) is 2.32. The minimum Gasteiger partial charge on any atom is -0.374 e. The first kappa shape index (κ1) is 13.0. The second-order valence-electron chi connectivity index (χ2n) is 5.15. The van der Waals surface area contributed by atoms with Crippen molar-refractivity contribution in [1.82, 2.24) is 5.32 Å². The molecule has 0 heterocycles. The van der Waals surface area contributed by atoms with E-state index >= 15 is 0 Å². The molecule has 2 heteroatoms. The molecule has 0 radical (unpaired) electrons. The SMILES string of the molecule is CCC(C)(CNC)OCC1CCCCC1. The third-order valence-corrected chi connectivity index (χ3v) is 3.69. The lowest BCUT2D eigenvalue weighted by atomic mass is 9.90. The predicted molar refractivity (Wildman–Crippen MR) is 65.1 cm³/mol. The Balaban J connectivity index is 2.25. The lowest BCUT2D eigenvalue weighted by Gasteiger charge is -2.31. The van der Waals surface area contributed by atoms with E-state index in [9.17, 15) is 0 Å². The minimum absolute atomic E-state index is 0.0339. The maximum Gasteiger partial charge on any atom is 0.0775 e. The number of ether oxygens (including phenoxy) is 1. The van der Waals surface area contributed by atoms with Crippen LogP contribution in [0.25, 0.3) is 0 Å². The molecule has 1 atom stereocenters. The van der Waals surface area contributed by atoms with Crippen molar-refractivity contribution in [2.75, 3.05) is 20.2 Å². The standard InChI is InChI=1S/C13H27NO/c1-4-13(2,11-14-3)15-10-12-8-6-5-7-9-12/h12,14H,4-11H2,1-3H3. The van der Waals surface area contributed by atoms with Crippen LogP contribution >= 0.6 is 0 Å². The molecule has 0 aromatic heterocycles. The summed E-state index contributed by atoms with van der Waals surface area (Å²) < 4.78 is 6.10. The summed E-state index contributed by atoms with van der Waals surface area (Å²) in [5.74, 6) is 0.821. The van der Waals surface area contributed by atoms with Crippen molar-refractivity contribution < 1.29 is 4.74 Å². The van der Waals surface area contributed by atoms with Crippen LogP contribution in [0.15, 0.2) is 0 Å². The normalized spacial score (nSPS) is 22.6. The van der Waals surface area contributed by atoms with Gasteiger partial charge in [-0.2, -0.15) is 0 Å². The van der Waals surface area contributed by atoms with Crippen LogP contribution in [0.3, 0.4) is 0 Å². The van der Waals surface area contributed by atoms with E-state index in [0.717, 1.165) is 25.5 Å². The molecule has 1 saturated carbocycles. The number of hydrogen-bond acceptors (Lipinski definition) is 2. The van der Waals surface area contributed by atoms with Crippen molar-refractivity contribution in [2.24, 2.45) is 5.92 Å². The minimum atomic E-state index is 0.0339. The molecule has 1 aliphatic rings. The average molecular weight is 213 g/mol. The maximum absolute atomic E-state index is 6.10. The van der Waals surface area contributed by atoms with Gasteiger partial charge in [0, 0.05) is 6.54 Å². The predicted octanol–water partition coefficient (Wildman–Crippen LogP) is 2.97. The van der Waals surface area contributed by atoms with E-state index in [1.165, 1.54) is 32.1 Å². The van der Waals surface area contributed by atoms with Gasteiger partial charge in [0.1, 0.15) is 0 Å². The number of nitrogens with one attached hydrogen (secondary N) is 1. The molecule has 0 aromatic rings. The highest BCUT2D eigenvalue weighted by molar-refractivity contribution is 4.76. The summed E-state index contributed by atoms with van der Waals surface area (Å²) in [5, 5.41) is 3.22. The van der Waals surface area contributed by atoms with Gasteiger partial charge in [0.15, 0.2) is 0 Å². The van der Waals surface area contributed by atoms with Crippen molar-refractivity contribution in [3.05, 3.63) is 0 Å². The Labute approximate surface area is 94.8 Å². The summed E-state index contributed by atoms with van der Waals surface area (Å²) in [7, 11) is 2.00. The van der Waals surface area contributed by atoms with Crippen molar-refractivity contribution in [3.8, 4) is 0 Å². The van der Waals surface area contributed by atoms with Crippen LogP contribution in [-0.2, 0) is 4.74 Å². The topological polar surface area (TPSA) is 21.3 Å². The van der Waals surface area contributed by atoms with Gasteiger partial charge in [-0.1, -0.05) is 26.2 Å². The molecule has 0 aliphatic heterocycles. The first-order chi connectivity index (χ1) is 7.20. The molecule has 1 aliphatic carbocycles. The first-order valence-corrected chi connectivity index (χ1v) is 6.49. The molecular weight excluding hydrogens is 186 g/mol. The number of likely N-dealkylation sites (N-methyl/N-ethyl adjacent to an activating group) is 1. The molecule has 0 spiro atoms. The van der Waals surface area contributed by atoms with Gasteiger partial charge in [-0.15, -0.1) is 0 Å². The van der Waals surface area contributed by atoms with Crippen LogP contribution in [0.5, 0.6) is 0 Å². The van der Waals surface area contributed by atoms with Crippen molar-refractivity contribution in [3.63, 3.8) is 0 Å². The molecule has 2 nitrogen and oxygen atoms in total. The zero-order chi connectivity index (χ0) is 11.1. The summed E-state index contributed by atoms with van der Waals surface area (Å²) in [5.41, 5.74) is 0.0339. The van der Waals surface area contributed by atoms with Gasteiger partial charge in [0.05, 0.1) is 12.2 Å². The molecule has 0 bridgehead atoms. The fraction of sp³-hybridized carbons (Fsp3) is 1.00. The number of hydrogen-bond donors (Lipinski definition) is 1. The van der Waals surface area contributed by atoms with Gasteiger partial charge in [-0.05, 0) is 39.2 Å². The number of rotatable bonds is 6. The Hall–Kier alpha value is -0.0800. The highest BCUT2D eigenvalue weighted by Gasteiger charge is 2.24. The second-order valence-corrected chi connectivity index (χ2v) is 5.15. The van der Waals surface area contributed by atoms with E-state index in [0.29, 0.717) is 0 Å². The molecule has 90 valence electrons. The van der Waals surface area contributed by atoms with Crippen LogP contribution < -0.4 is 5.32 Å². The second kappa shape index (κ2) is 6.49. The fourth-order valence-corrected chi connectivity index (χ4v) is 2.32. The molecular formula is C13H27NO. The van der Waals surface area contributed by atoms with Crippen molar-refractivity contribution in [1.29, 1.82) is 0 Å². The summed E-state index contributed by atoms with van der Waals surface area (Å²) >= 11 is 0. The Kier molecular flexibility index (Phi) is 5.62. The van der Waals surface area contributed by atoms with Gasteiger partial charge < -0.3 is 10.1 Å². The lowest BCUT2D eigenvalue weighted by Crippen LogP contribution is -2.40. The average Bonchev–Trinajstić information content (AvgIpc) is 2.28. The van der Waals surface area contributed by atoms with E-state index in [1.807, 2.05) is 7.05 Å². The van der Waals surface area contributed by atoms with Gasteiger partial charge in [-0.3, -0.25) is 0 Å². The van der Waals surface area contributed by atoms with Crippen molar-refractivity contribution in [2.45, 2.75) is 58.0 Å². The Morgan fingerprint density at radius 3 is 2.47 bits per heavy atom. The maximum atomic E-state index is 6.10. The smallest absolute Gasteiger partial charge is 0.0775 e. The summed E-state index contributed by atoms with van der Waals surface area (Å²) in [6.45, 7) is 6.34. The van der Waals surface area contributed by atoms with Gasteiger partial charge in [0.25, 0.3) is 0 Å². The lowest BCUT2D eigenvalue weighted by molar-refractivity contribution is -0.0528. The zero-order valence-corrected chi connectivity index (χ0v) is 10.6. The molecule has 0 aromatic carbocycles. The van der Waals surface area contributed by atoms with Gasteiger partial charge >= 0.3 is 0 Å². The largest absolute Gasteiger partial charge is 0.374 e. The summed E-state index contributed by atoms with van der Waals surface area (Å²) in [6, 6.07) is 0. The Morgan fingerprint density at radius 2 is 1.93 bits per heavy atom. The van der Waals surface area contributed by atoms with E-state index in [4.69, 9.17) is 4.74 Å². The van der Waals surface area contributed by atoms with Gasteiger partial charge in [0.2, 0.25) is 0 Å². The molecule has 1 rings (SSSR count). The summed E-state index contributed by atoms with van der Waals surface area (Å²) in [6.07, 6.45) is 8.07. The van der Waals surface area contributed by atoms with E-state index in [2.05, 4.69) is 19.2 Å². The first-order valence-electron chi connectivity index (χ1n) is 6.49. The molecule has 1 unspecified atom stereocenters. The summed E-state index contributed by atoms with van der Waals surface area (Å²) in [4.78, 5) is 0. The molecule has 1 N–H and O–H groups in total. The third kappa shape index (κ3) is 4.52. The van der Waals surface area contributed by atoms with E-state index in [1.54, 1.807) is 0 Å². The van der Waals surface area contributed by atoms with Crippen LogP contribution in [0.2, 0.25) is 0 Å². The Morgan fingerprint density at radius 1 is 1.27 bits per heavy atom. The monoisotopic (exact) mass is 213 g/mol. The molecule has 15 heavy (non-hydrogen) atoms. The van der Waals surface area contributed by atoms with E-state index in [-0.39, 0.29) is 5.60 Å². The molecule has 0 amide bonds. The zero-order valence-electron chi connectivity index (χ0n) is 10.6. The third-order valence-electron chi connectivity index (χ3n) is 3.69. The molecule has 1 fully saturated rings. The van der Waals surface area contributed by atoms with Gasteiger partial charge in [-0.25, -0.2) is 0 Å². The van der Waals surface area contributed by atoms with Crippen molar-refractivity contribution >= 4 is 0 Å². The highest BCUT2D eigenvalue weighted by Crippen LogP contribution is 2.26. The van der Waals surface area contributed by atoms with Crippen LogP contribution in [0, 0.1) is 5.92 Å². The molecule has 0 saturated heterocycles. The quantitative estimate of drug-likeness (QED) is 0.732. The van der Waals surface area contributed by atoms with E-state index < -0.39 is 0 Å².